The fourth-order valence-corrected chi connectivity index (χ4v) is 9.12. The molecule has 0 saturated heterocycles. The SMILES string of the molecule is CCCc1nc(C(C)(C)O)c(C(=O)OCc2oc(=O)oc2C)n1Cc1ccc(-c2ccccc2-c2nn[nH]n2)cc1.CC[C@H](C)C(=O)O[C@H]1C[C@H](O)C=C2C=C[C@H](C)[C@H](CC[C@@H](O)C[C@@H](O)CC(=O)O)[C@H]21.[Na]. The Labute approximate surface area is 440 Å². The van der Waals surface area contributed by atoms with Crippen LogP contribution in [0.15, 0.2) is 86.0 Å². The number of tetrazole rings is 1. The number of carbonyl (C=O) groups is 3. The van der Waals surface area contributed by atoms with Crippen LogP contribution in [-0.4, -0.2) is 128 Å². The summed E-state index contributed by atoms with van der Waals surface area (Å²) in [5.74, 6) is -1.39. The van der Waals surface area contributed by atoms with Crippen molar-refractivity contribution in [2.24, 2.45) is 23.7 Å². The summed E-state index contributed by atoms with van der Waals surface area (Å²) >= 11 is 0. The molecule has 3 aromatic heterocycles. The van der Waals surface area contributed by atoms with Crippen LogP contribution in [0.25, 0.3) is 22.5 Å². The van der Waals surface area contributed by atoms with Crippen molar-refractivity contribution < 1.29 is 58.2 Å². The maximum absolute atomic E-state index is 13.5. The molecule has 0 spiro atoms. The zero-order valence-electron chi connectivity index (χ0n) is 42.3. The zero-order valence-corrected chi connectivity index (χ0v) is 44.3. The zero-order chi connectivity index (χ0) is 51.6. The first-order chi connectivity index (χ1) is 33.8. The third-order valence-electron chi connectivity index (χ3n) is 13.0. The number of carboxylic acids is 1. The van der Waals surface area contributed by atoms with Crippen molar-refractivity contribution >= 4 is 47.5 Å². The number of aliphatic hydroxyl groups is 4. The second kappa shape index (κ2) is 25.9. The first-order valence-electron chi connectivity index (χ1n) is 24.1. The van der Waals surface area contributed by atoms with Gasteiger partial charge in [-0.25, -0.2) is 14.6 Å². The van der Waals surface area contributed by atoms with Gasteiger partial charge in [0.1, 0.15) is 23.2 Å². The summed E-state index contributed by atoms with van der Waals surface area (Å²) in [6, 6.07) is 15.7. The van der Waals surface area contributed by atoms with E-state index in [4.69, 9.17) is 23.4 Å². The Morgan fingerprint density at radius 2 is 1.74 bits per heavy atom. The standard InChI is InChI=1S/C29H30N6O6.C23H36O7.Na/c1-5-8-23-30-25(29(3,4)38)24(27(36)39-16-22-17(2)40-28(37)41-22)35(23)15-18-11-13-19(14-12-18)20-9-6-7-10-21(20)26-31-33-34-32-26;1-4-13(2)23(29)30-20-11-17(25)9-15-6-5-14(3)19(22(15)20)8-7-16(24)10-18(26)12-21(27)28;/h6-7,9-14,38H,5,8,15-16H2,1-4H3,(H,31,32,33,34);5-6,9,13-14,16-20,22,24-26H,4,7-8,10-12H2,1-3H3,(H,27,28);/t;13-,14-,16+,17+,18+,19-,20-,22-;/m.0./s1. The van der Waals surface area contributed by atoms with Crippen molar-refractivity contribution in [3.63, 3.8) is 0 Å². The molecule has 2 aliphatic rings. The molecule has 7 rings (SSSR count). The molecule has 3 heterocycles. The number of aryl methyl sites for hydroxylation is 2. The quantitative estimate of drug-likeness (QED) is 0.0372. The van der Waals surface area contributed by atoms with E-state index in [1.807, 2.05) is 81.5 Å². The van der Waals surface area contributed by atoms with Crippen LogP contribution < -0.4 is 5.82 Å². The van der Waals surface area contributed by atoms with Gasteiger partial charge >= 0.3 is 23.7 Å². The molecule has 0 bridgehead atoms. The van der Waals surface area contributed by atoms with Crippen molar-refractivity contribution in [3.8, 4) is 22.5 Å². The first-order valence-corrected chi connectivity index (χ1v) is 24.1. The van der Waals surface area contributed by atoms with Gasteiger partial charge in [0, 0.05) is 60.4 Å². The number of nitrogens with zero attached hydrogens (tertiary/aromatic N) is 5. The number of aromatic nitrogens is 6. The van der Waals surface area contributed by atoms with Gasteiger partial charge in [0.05, 0.1) is 30.7 Å². The Hall–Kier alpha value is -5.54. The van der Waals surface area contributed by atoms with E-state index in [0.717, 1.165) is 34.2 Å². The van der Waals surface area contributed by atoms with E-state index in [2.05, 4.69) is 38.6 Å². The predicted molar refractivity (Wildman–Crippen MR) is 264 cm³/mol. The predicted octanol–water partition coefficient (Wildman–Crippen LogP) is 6.23. The number of H-pyrrole nitrogens is 1. The molecule has 20 heteroatoms. The second-order valence-corrected chi connectivity index (χ2v) is 19.0. The van der Waals surface area contributed by atoms with E-state index in [-0.39, 0.29) is 102 Å². The molecule has 6 N–H and O–H groups in total. The molecule has 1 radical (unpaired) electrons. The summed E-state index contributed by atoms with van der Waals surface area (Å²) in [7, 11) is 0. The van der Waals surface area contributed by atoms with Crippen LogP contribution in [0.2, 0.25) is 0 Å². The largest absolute Gasteiger partial charge is 0.519 e. The first kappa shape index (κ1) is 57.4. The van der Waals surface area contributed by atoms with Crippen LogP contribution in [0.5, 0.6) is 0 Å². The van der Waals surface area contributed by atoms with Crippen molar-refractivity contribution in [3.05, 3.63) is 117 Å². The number of esters is 2. The van der Waals surface area contributed by atoms with Crippen LogP contribution in [0.3, 0.4) is 0 Å². The van der Waals surface area contributed by atoms with Gasteiger partial charge in [0.2, 0.25) is 5.82 Å². The Bertz CT molecular complexity index is 2700. The minimum Gasteiger partial charge on any atom is -0.481 e. The van der Waals surface area contributed by atoms with E-state index >= 15 is 0 Å². The average Bonchev–Trinajstić information content (AvgIpc) is 4.07. The van der Waals surface area contributed by atoms with E-state index in [1.165, 1.54) is 0 Å². The van der Waals surface area contributed by atoms with E-state index < -0.39 is 47.8 Å². The van der Waals surface area contributed by atoms with Gasteiger partial charge in [0.15, 0.2) is 23.8 Å². The number of fused-ring (bicyclic) bond motifs is 1. The molecular weight excluding hydrogens is 940 g/mol. The molecule has 72 heavy (non-hydrogen) atoms. The summed E-state index contributed by atoms with van der Waals surface area (Å²) < 4.78 is 22.9. The minimum atomic E-state index is -1.41. The van der Waals surface area contributed by atoms with Gasteiger partial charge in [-0.2, -0.15) is 5.21 Å². The summed E-state index contributed by atoms with van der Waals surface area (Å²) in [5, 5.41) is 64.4. The van der Waals surface area contributed by atoms with Crippen molar-refractivity contribution in [1.82, 2.24) is 30.2 Å². The van der Waals surface area contributed by atoms with Gasteiger partial charge in [-0.1, -0.05) is 94.5 Å². The molecule has 8 atom stereocenters. The number of carbonyl (C=O) groups excluding carboxylic acids is 2. The number of imidazole rings is 1. The van der Waals surface area contributed by atoms with E-state index in [0.29, 0.717) is 50.3 Å². The molecular formula is C52H66N6NaO13. The number of nitrogens with one attached hydrogen (secondary N) is 1. The minimum absolute atomic E-state index is 0. The van der Waals surface area contributed by atoms with Gasteiger partial charge in [-0.15, -0.1) is 10.2 Å². The van der Waals surface area contributed by atoms with Crippen molar-refractivity contribution in [2.75, 3.05) is 0 Å². The van der Waals surface area contributed by atoms with Gasteiger partial charge in [-0.3, -0.25) is 9.59 Å². The fourth-order valence-electron chi connectivity index (χ4n) is 9.12. The monoisotopic (exact) mass is 1010 g/mol. The number of rotatable bonds is 20. The van der Waals surface area contributed by atoms with Crippen LogP contribution in [0.1, 0.15) is 126 Å². The van der Waals surface area contributed by atoms with Crippen molar-refractivity contribution in [2.45, 2.75) is 143 Å². The Balaban J connectivity index is 0.000000277. The maximum atomic E-state index is 13.5. The Kier molecular flexibility index (Phi) is 20.6. The molecule has 0 saturated carbocycles. The maximum Gasteiger partial charge on any atom is 0.519 e. The van der Waals surface area contributed by atoms with Crippen LogP contribution >= 0.6 is 0 Å². The van der Waals surface area contributed by atoms with Crippen LogP contribution in [0, 0.1) is 30.6 Å². The molecule has 0 amide bonds. The molecule has 2 aromatic carbocycles. The summed E-state index contributed by atoms with van der Waals surface area (Å²) in [6.45, 7) is 12.6. The van der Waals surface area contributed by atoms with Crippen LogP contribution in [-0.2, 0) is 44.2 Å². The summed E-state index contributed by atoms with van der Waals surface area (Å²) in [6.07, 6.45) is 6.00. The molecule has 383 valence electrons. The molecule has 19 nitrogen and oxygen atoms in total. The number of hydrogen-bond acceptors (Lipinski definition) is 16. The normalized spacial score (nSPS) is 19.7. The third-order valence-corrected chi connectivity index (χ3v) is 13.0. The molecule has 5 aromatic rings. The average molecular weight is 1010 g/mol. The Morgan fingerprint density at radius 1 is 1.03 bits per heavy atom. The van der Waals surface area contributed by atoms with Gasteiger partial charge < -0.3 is 48.4 Å². The van der Waals surface area contributed by atoms with Crippen LogP contribution in [0.4, 0.5) is 0 Å². The number of ether oxygens (including phenoxy) is 2. The Morgan fingerprint density at radius 3 is 2.35 bits per heavy atom. The fraction of sp³-hybridized carbons (Fsp3) is 0.500. The van der Waals surface area contributed by atoms with E-state index in [9.17, 15) is 39.6 Å². The summed E-state index contributed by atoms with van der Waals surface area (Å²) in [5.41, 5.74) is 3.55. The number of allylic oxidation sites excluding steroid dienone is 2. The second-order valence-electron chi connectivity index (χ2n) is 19.0. The molecule has 0 fully saturated rings. The number of aliphatic carboxylic acids is 1. The number of benzene rings is 2. The number of hydrogen-bond donors (Lipinski definition) is 6. The topological polar surface area (TPSA) is 286 Å². The number of carboxylic acid groups (broad SMARTS) is 1. The molecule has 0 unspecified atom stereocenters. The summed E-state index contributed by atoms with van der Waals surface area (Å²) in [4.78, 5) is 52.7. The molecule has 0 aliphatic heterocycles. The molecule has 2 aliphatic carbocycles. The number of aliphatic hydroxyl groups excluding tert-OH is 3. The smallest absolute Gasteiger partial charge is 0.481 e. The third kappa shape index (κ3) is 14.8. The van der Waals surface area contributed by atoms with Crippen molar-refractivity contribution in [1.29, 1.82) is 0 Å². The number of aromatic amines is 1. The van der Waals surface area contributed by atoms with E-state index in [1.54, 1.807) is 25.3 Å². The van der Waals surface area contributed by atoms with Gasteiger partial charge in [0.25, 0.3) is 0 Å². The van der Waals surface area contributed by atoms with Gasteiger partial charge in [-0.05, 0) is 92.2 Å².